The second-order valence-electron chi connectivity index (χ2n) is 7.76. The molecule has 0 saturated heterocycles. The molecule has 1 aliphatic rings. The quantitative estimate of drug-likeness (QED) is 0.403. The Kier molecular flexibility index (Phi) is 6.11. The number of para-hydroxylation sites is 1. The largest absolute Gasteiger partial charge is 0.477 e. The Balaban J connectivity index is 1.59. The van der Waals surface area contributed by atoms with Crippen LogP contribution in [0.25, 0.3) is 10.9 Å². The molecule has 0 atom stereocenters. The summed E-state index contributed by atoms with van der Waals surface area (Å²) in [6.07, 6.45) is 8.43. The van der Waals surface area contributed by atoms with Gasteiger partial charge in [0.15, 0.2) is 0 Å². The number of hydrogen-bond donors (Lipinski definition) is 2. The SMILES string of the molecule is O=C(O)c1c(CNCCC2=CCCCC2)c2ccccc2n1Cc1ccccc1. The van der Waals surface area contributed by atoms with Crippen LogP contribution < -0.4 is 5.32 Å². The molecule has 0 unspecified atom stereocenters. The first kappa shape index (κ1) is 19.5. The van der Waals surface area contributed by atoms with Crippen molar-refractivity contribution < 1.29 is 9.90 Å². The summed E-state index contributed by atoms with van der Waals surface area (Å²) in [6.45, 7) is 2.00. The molecule has 2 aromatic carbocycles. The average molecular weight is 389 g/mol. The smallest absolute Gasteiger partial charge is 0.352 e. The molecule has 0 fully saturated rings. The van der Waals surface area contributed by atoms with Gasteiger partial charge in [0, 0.05) is 29.6 Å². The van der Waals surface area contributed by atoms with Gasteiger partial charge in [-0.2, -0.15) is 0 Å². The lowest BCUT2D eigenvalue weighted by atomic mass is 9.97. The van der Waals surface area contributed by atoms with Gasteiger partial charge in [0.25, 0.3) is 0 Å². The first-order valence-electron chi connectivity index (χ1n) is 10.5. The van der Waals surface area contributed by atoms with Crippen LogP contribution in [0.2, 0.25) is 0 Å². The fourth-order valence-electron chi connectivity index (χ4n) is 4.32. The Morgan fingerprint density at radius 1 is 1.03 bits per heavy atom. The Hall–Kier alpha value is -2.85. The van der Waals surface area contributed by atoms with Gasteiger partial charge in [0.05, 0.1) is 0 Å². The molecule has 1 aromatic heterocycles. The van der Waals surface area contributed by atoms with Gasteiger partial charge >= 0.3 is 5.97 Å². The third-order valence-corrected chi connectivity index (χ3v) is 5.77. The van der Waals surface area contributed by atoms with Crippen LogP contribution in [0.1, 0.15) is 53.7 Å². The van der Waals surface area contributed by atoms with E-state index in [1.807, 2.05) is 59.2 Å². The molecule has 0 aliphatic heterocycles. The number of allylic oxidation sites excluding steroid dienone is 1. The van der Waals surface area contributed by atoms with Crippen LogP contribution in [0.15, 0.2) is 66.2 Å². The van der Waals surface area contributed by atoms with E-state index in [2.05, 4.69) is 11.4 Å². The first-order valence-corrected chi connectivity index (χ1v) is 10.5. The molecule has 150 valence electrons. The first-order chi connectivity index (χ1) is 14.2. The molecular weight excluding hydrogens is 360 g/mol. The predicted octanol–water partition coefficient (Wildman–Crippen LogP) is 5.37. The molecule has 1 aliphatic carbocycles. The maximum atomic E-state index is 12.2. The van der Waals surface area contributed by atoms with Gasteiger partial charge in [0.1, 0.15) is 5.69 Å². The van der Waals surface area contributed by atoms with Crippen molar-refractivity contribution in [3.05, 3.63) is 83.1 Å². The summed E-state index contributed by atoms with van der Waals surface area (Å²) >= 11 is 0. The molecule has 3 aromatic rings. The Morgan fingerprint density at radius 3 is 2.59 bits per heavy atom. The number of nitrogens with zero attached hydrogens (tertiary/aromatic N) is 1. The third kappa shape index (κ3) is 4.43. The summed E-state index contributed by atoms with van der Waals surface area (Å²) in [6, 6.07) is 18.0. The lowest BCUT2D eigenvalue weighted by molar-refractivity contribution is 0.0685. The topological polar surface area (TPSA) is 54.3 Å². The Bertz CT molecular complexity index is 1020. The Morgan fingerprint density at radius 2 is 1.83 bits per heavy atom. The number of carboxylic acid groups (broad SMARTS) is 1. The maximum Gasteiger partial charge on any atom is 0.352 e. The number of aromatic carboxylic acids is 1. The van der Waals surface area contributed by atoms with E-state index in [1.165, 1.54) is 31.3 Å². The fourth-order valence-corrected chi connectivity index (χ4v) is 4.32. The Labute approximate surface area is 171 Å². The molecule has 0 bridgehead atoms. The third-order valence-electron chi connectivity index (χ3n) is 5.77. The van der Waals surface area contributed by atoms with E-state index in [-0.39, 0.29) is 0 Å². The van der Waals surface area contributed by atoms with Crippen molar-refractivity contribution in [2.24, 2.45) is 0 Å². The van der Waals surface area contributed by atoms with Crippen LogP contribution in [-0.2, 0) is 13.1 Å². The van der Waals surface area contributed by atoms with Crippen molar-refractivity contribution in [3.8, 4) is 0 Å². The zero-order valence-corrected chi connectivity index (χ0v) is 16.7. The fraction of sp³-hybridized carbons (Fsp3) is 0.320. The summed E-state index contributed by atoms with van der Waals surface area (Å²) in [7, 11) is 0. The second-order valence-corrected chi connectivity index (χ2v) is 7.76. The number of aromatic nitrogens is 1. The molecule has 2 N–H and O–H groups in total. The van der Waals surface area contributed by atoms with Gasteiger partial charge in [-0.05, 0) is 50.3 Å². The van der Waals surface area contributed by atoms with Gasteiger partial charge < -0.3 is 15.0 Å². The number of fused-ring (bicyclic) bond motifs is 1. The van der Waals surface area contributed by atoms with Gasteiger partial charge in [-0.1, -0.05) is 60.2 Å². The van der Waals surface area contributed by atoms with Crippen molar-refractivity contribution >= 4 is 16.9 Å². The summed E-state index contributed by atoms with van der Waals surface area (Å²) in [4.78, 5) is 12.2. The minimum atomic E-state index is -0.871. The minimum absolute atomic E-state index is 0.388. The molecule has 29 heavy (non-hydrogen) atoms. The van der Waals surface area contributed by atoms with Crippen molar-refractivity contribution in [2.45, 2.75) is 45.2 Å². The van der Waals surface area contributed by atoms with E-state index in [1.54, 1.807) is 0 Å². The molecular formula is C25H28N2O2. The van der Waals surface area contributed by atoms with Gasteiger partial charge in [0.2, 0.25) is 0 Å². The van der Waals surface area contributed by atoms with Gasteiger partial charge in [-0.15, -0.1) is 0 Å². The summed E-state index contributed by atoms with van der Waals surface area (Å²) in [5.74, 6) is -0.871. The van der Waals surface area contributed by atoms with Crippen LogP contribution in [0.4, 0.5) is 0 Å². The number of nitrogens with one attached hydrogen (secondary N) is 1. The highest BCUT2D eigenvalue weighted by molar-refractivity contribution is 5.98. The molecule has 0 amide bonds. The maximum absolute atomic E-state index is 12.2. The van der Waals surface area contributed by atoms with Crippen molar-refractivity contribution in [3.63, 3.8) is 0 Å². The monoisotopic (exact) mass is 388 g/mol. The molecule has 4 rings (SSSR count). The van der Waals surface area contributed by atoms with Crippen LogP contribution in [0.5, 0.6) is 0 Å². The van der Waals surface area contributed by atoms with E-state index in [0.29, 0.717) is 18.8 Å². The van der Waals surface area contributed by atoms with Crippen molar-refractivity contribution in [1.82, 2.24) is 9.88 Å². The van der Waals surface area contributed by atoms with Crippen LogP contribution in [0, 0.1) is 0 Å². The second kappa shape index (κ2) is 9.10. The minimum Gasteiger partial charge on any atom is -0.477 e. The van der Waals surface area contributed by atoms with Crippen LogP contribution in [0.3, 0.4) is 0 Å². The average Bonchev–Trinajstić information content (AvgIpc) is 3.06. The van der Waals surface area contributed by atoms with E-state index < -0.39 is 5.97 Å². The highest BCUT2D eigenvalue weighted by atomic mass is 16.4. The number of rotatable bonds is 8. The normalized spacial score (nSPS) is 14.1. The van der Waals surface area contributed by atoms with Gasteiger partial charge in [-0.3, -0.25) is 0 Å². The lowest BCUT2D eigenvalue weighted by Crippen LogP contribution is -2.19. The van der Waals surface area contributed by atoms with Crippen molar-refractivity contribution in [1.29, 1.82) is 0 Å². The molecule has 0 spiro atoms. The molecule has 0 saturated carbocycles. The standard InChI is InChI=1S/C25H28N2O2/c28-25(29)24-22(17-26-16-15-19-9-3-1-4-10-19)21-13-7-8-14-23(21)27(24)18-20-11-5-2-6-12-20/h2,5-9,11-14,26H,1,3-4,10,15-18H2,(H,28,29). The molecule has 4 heteroatoms. The molecule has 1 heterocycles. The zero-order chi connectivity index (χ0) is 20.1. The zero-order valence-electron chi connectivity index (χ0n) is 16.7. The number of hydrogen-bond acceptors (Lipinski definition) is 2. The van der Waals surface area contributed by atoms with Gasteiger partial charge in [-0.25, -0.2) is 4.79 Å². The van der Waals surface area contributed by atoms with E-state index in [0.717, 1.165) is 35.0 Å². The van der Waals surface area contributed by atoms with E-state index >= 15 is 0 Å². The number of carboxylic acids is 1. The van der Waals surface area contributed by atoms with Crippen molar-refractivity contribution in [2.75, 3.05) is 6.54 Å². The predicted molar refractivity (Wildman–Crippen MR) is 117 cm³/mol. The summed E-state index contributed by atoms with van der Waals surface area (Å²) in [5, 5.41) is 14.5. The molecule has 4 nitrogen and oxygen atoms in total. The molecule has 0 radical (unpaired) electrons. The number of carbonyl (C=O) groups is 1. The summed E-state index contributed by atoms with van der Waals surface area (Å²) < 4.78 is 1.94. The van der Waals surface area contributed by atoms with E-state index in [4.69, 9.17) is 0 Å². The van der Waals surface area contributed by atoms with Crippen LogP contribution >= 0.6 is 0 Å². The van der Waals surface area contributed by atoms with E-state index in [9.17, 15) is 9.90 Å². The van der Waals surface area contributed by atoms with Crippen LogP contribution in [-0.4, -0.2) is 22.2 Å². The highest BCUT2D eigenvalue weighted by Gasteiger charge is 2.22. The summed E-state index contributed by atoms with van der Waals surface area (Å²) in [5.41, 5.74) is 4.87. The lowest BCUT2D eigenvalue weighted by Gasteiger charge is -2.13. The number of benzene rings is 2. The highest BCUT2D eigenvalue weighted by Crippen LogP contribution is 2.28.